The average Bonchev–Trinajstić information content (AvgIpc) is 2.46. The molecule has 0 spiro atoms. The van der Waals surface area contributed by atoms with Crippen molar-refractivity contribution in [3.63, 3.8) is 0 Å². The van der Waals surface area contributed by atoms with Gasteiger partial charge in [0.1, 0.15) is 5.69 Å². The number of pyridine rings is 1. The maximum atomic E-state index is 12.4. The van der Waals surface area contributed by atoms with Crippen molar-refractivity contribution in [2.75, 3.05) is 6.54 Å². The van der Waals surface area contributed by atoms with E-state index in [0.717, 1.165) is 12.8 Å². The number of hydrogen-bond donors (Lipinski definition) is 2. The number of piperidine rings is 1. The van der Waals surface area contributed by atoms with Crippen LogP contribution in [0.25, 0.3) is 0 Å². The summed E-state index contributed by atoms with van der Waals surface area (Å²) >= 11 is 0. The van der Waals surface area contributed by atoms with Gasteiger partial charge in [-0.2, -0.15) is 0 Å². The molecular weight excluding hydrogens is 260 g/mol. The van der Waals surface area contributed by atoms with Gasteiger partial charge in [-0.15, -0.1) is 0 Å². The molecule has 2 N–H and O–H groups in total. The van der Waals surface area contributed by atoms with Crippen molar-refractivity contribution < 1.29 is 19.8 Å². The number of carbonyl (C=O) groups excluding carboxylic acids is 1. The molecule has 20 heavy (non-hydrogen) atoms. The third kappa shape index (κ3) is 3.33. The Kier molecular flexibility index (Phi) is 4.68. The van der Waals surface area contributed by atoms with Crippen LogP contribution in [-0.2, 0) is 11.4 Å². The summed E-state index contributed by atoms with van der Waals surface area (Å²) in [6.07, 6.45) is 3.96. The number of carboxylic acid groups (broad SMARTS) is 1. The lowest BCUT2D eigenvalue weighted by Gasteiger charge is -2.34. The molecule has 108 valence electrons. The predicted molar refractivity (Wildman–Crippen MR) is 71.1 cm³/mol. The Balaban J connectivity index is 2.18. The first-order chi connectivity index (χ1) is 9.61. The summed E-state index contributed by atoms with van der Waals surface area (Å²) in [6.45, 7) is 0.406. The highest BCUT2D eigenvalue weighted by molar-refractivity contribution is 5.93. The van der Waals surface area contributed by atoms with Gasteiger partial charge in [0.15, 0.2) is 0 Å². The minimum atomic E-state index is -0.897. The van der Waals surface area contributed by atoms with E-state index in [1.54, 1.807) is 17.0 Å². The third-order valence-electron chi connectivity index (χ3n) is 3.52. The van der Waals surface area contributed by atoms with Crippen LogP contribution in [0.5, 0.6) is 0 Å². The van der Waals surface area contributed by atoms with Gasteiger partial charge >= 0.3 is 5.97 Å². The van der Waals surface area contributed by atoms with Gasteiger partial charge < -0.3 is 15.1 Å². The summed E-state index contributed by atoms with van der Waals surface area (Å²) in [5.41, 5.74) is 0.879. The van der Waals surface area contributed by atoms with E-state index in [1.807, 2.05) is 0 Å². The van der Waals surface area contributed by atoms with Crippen molar-refractivity contribution in [2.24, 2.45) is 0 Å². The average molecular weight is 278 g/mol. The Morgan fingerprint density at radius 2 is 2.20 bits per heavy atom. The fraction of sp³-hybridized carbons (Fsp3) is 0.500. The fourth-order valence-electron chi connectivity index (χ4n) is 2.52. The second-order valence-corrected chi connectivity index (χ2v) is 4.95. The van der Waals surface area contributed by atoms with Crippen LogP contribution in [0, 0.1) is 0 Å². The summed E-state index contributed by atoms with van der Waals surface area (Å²) < 4.78 is 0. The van der Waals surface area contributed by atoms with Gasteiger partial charge in [-0.3, -0.25) is 14.6 Å². The van der Waals surface area contributed by atoms with Crippen molar-refractivity contribution in [2.45, 2.75) is 38.3 Å². The number of rotatable bonds is 4. The van der Waals surface area contributed by atoms with E-state index in [2.05, 4.69) is 4.98 Å². The van der Waals surface area contributed by atoms with Crippen LogP contribution < -0.4 is 0 Å². The normalized spacial score (nSPS) is 18.9. The van der Waals surface area contributed by atoms with Gasteiger partial charge in [0.05, 0.1) is 13.0 Å². The second-order valence-electron chi connectivity index (χ2n) is 4.95. The van der Waals surface area contributed by atoms with Gasteiger partial charge in [0.25, 0.3) is 5.91 Å². The standard InChI is InChI=1S/C14H18N2O4/c17-9-10-4-5-15-12(7-10)14(20)16-6-2-1-3-11(16)8-13(18)19/h4-5,7,11,17H,1-3,6,8-9H2,(H,18,19)/t11-/m0/s1. The summed E-state index contributed by atoms with van der Waals surface area (Å²) in [6, 6.07) is 2.92. The van der Waals surface area contributed by atoms with Crippen LogP contribution >= 0.6 is 0 Å². The first-order valence-corrected chi connectivity index (χ1v) is 6.70. The Labute approximate surface area is 117 Å². The van der Waals surface area contributed by atoms with Gasteiger partial charge in [0.2, 0.25) is 0 Å². The van der Waals surface area contributed by atoms with Crippen LogP contribution in [0.2, 0.25) is 0 Å². The van der Waals surface area contributed by atoms with Crippen molar-refractivity contribution in [1.82, 2.24) is 9.88 Å². The fourth-order valence-corrected chi connectivity index (χ4v) is 2.52. The molecule has 6 nitrogen and oxygen atoms in total. The molecule has 1 aliphatic rings. The van der Waals surface area contributed by atoms with E-state index in [1.165, 1.54) is 6.20 Å². The molecule has 0 saturated carbocycles. The number of likely N-dealkylation sites (tertiary alicyclic amines) is 1. The molecule has 2 rings (SSSR count). The number of aliphatic hydroxyl groups is 1. The van der Waals surface area contributed by atoms with Crippen molar-refractivity contribution in [3.8, 4) is 0 Å². The molecule has 0 unspecified atom stereocenters. The molecule has 1 saturated heterocycles. The molecule has 1 aromatic rings. The Morgan fingerprint density at radius 1 is 1.40 bits per heavy atom. The topological polar surface area (TPSA) is 90.7 Å². The molecule has 1 aromatic heterocycles. The molecule has 1 amide bonds. The van der Waals surface area contributed by atoms with E-state index < -0.39 is 5.97 Å². The lowest BCUT2D eigenvalue weighted by Crippen LogP contribution is -2.45. The summed E-state index contributed by atoms with van der Waals surface area (Å²) in [5, 5.41) is 18.0. The van der Waals surface area contributed by atoms with E-state index >= 15 is 0 Å². The van der Waals surface area contributed by atoms with Gasteiger partial charge in [-0.1, -0.05) is 0 Å². The maximum absolute atomic E-state index is 12.4. The Bertz CT molecular complexity index is 504. The van der Waals surface area contributed by atoms with Crippen molar-refractivity contribution in [1.29, 1.82) is 0 Å². The lowest BCUT2D eigenvalue weighted by atomic mass is 9.98. The third-order valence-corrected chi connectivity index (χ3v) is 3.52. The SMILES string of the molecule is O=C(O)C[C@@H]1CCCCN1C(=O)c1cc(CO)ccn1. The summed E-state index contributed by atoms with van der Waals surface area (Å²) in [7, 11) is 0. The van der Waals surface area contributed by atoms with Gasteiger partial charge in [0, 0.05) is 18.8 Å². The molecule has 2 heterocycles. The zero-order valence-electron chi connectivity index (χ0n) is 11.2. The number of aliphatic hydroxyl groups excluding tert-OH is 1. The van der Waals surface area contributed by atoms with Crippen LogP contribution in [-0.4, -0.2) is 44.6 Å². The molecule has 1 aliphatic heterocycles. The van der Waals surface area contributed by atoms with Crippen molar-refractivity contribution >= 4 is 11.9 Å². The van der Waals surface area contributed by atoms with E-state index in [4.69, 9.17) is 10.2 Å². The lowest BCUT2D eigenvalue weighted by molar-refractivity contribution is -0.138. The highest BCUT2D eigenvalue weighted by Crippen LogP contribution is 2.21. The minimum absolute atomic E-state index is 0.0363. The van der Waals surface area contributed by atoms with Crippen LogP contribution in [0.1, 0.15) is 41.7 Å². The van der Waals surface area contributed by atoms with Crippen LogP contribution in [0.3, 0.4) is 0 Å². The van der Waals surface area contributed by atoms with E-state index in [-0.39, 0.29) is 30.7 Å². The number of carbonyl (C=O) groups is 2. The minimum Gasteiger partial charge on any atom is -0.481 e. The first-order valence-electron chi connectivity index (χ1n) is 6.70. The van der Waals surface area contributed by atoms with E-state index in [9.17, 15) is 9.59 Å². The summed E-state index contributed by atoms with van der Waals surface area (Å²) in [5.74, 6) is -1.15. The van der Waals surface area contributed by atoms with Gasteiger partial charge in [-0.25, -0.2) is 0 Å². The highest BCUT2D eigenvalue weighted by atomic mass is 16.4. The highest BCUT2D eigenvalue weighted by Gasteiger charge is 2.29. The second kappa shape index (κ2) is 6.47. The van der Waals surface area contributed by atoms with Gasteiger partial charge in [-0.05, 0) is 37.0 Å². The summed E-state index contributed by atoms with van der Waals surface area (Å²) in [4.78, 5) is 29.0. The number of nitrogens with zero attached hydrogens (tertiary/aromatic N) is 2. The molecule has 0 aromatic carbocycles. The zero-order valence-corrected chi connectivity index (χ0v) is 11.2. The molecule has 6 heteroatoms. The molecule has 0 bridgehead atoms. The molecule has 1 atom stereocenters. The largest absolute Gasteiger partial charge is 0.481 e. The molecule has 0 radical (unpaired) electrons. The number of aromatic nitrogens is 1. The number of hydrogen-bond acceptors (Lipinski definition) is 4. The quantitative estimate of drug-likeness (QED) is 0.859. The smallest absolute Gasteiger partial charge is 0.305 e. The first kappa shape index (κ1) is 14.5. The maximum Gasteiger partial charge on any atom is 0.305 e. The Morgan fingerprint density at radius 3 is 2.90 bits per heavy atom. The zero-order chi connectivity index (χ0) is 14.5. The molecular formula is C14H18N2O4. The predicted octanol–water partition coefficient (Wildman–Crippen LogP) is 1.04. The van der Waals surface area contributed by atoms with Crippen LogP contribution in [0.4, 0.5) is 0 Å². The molecule has 1 fully saturated rings. The number of amides is 1. The molecule has 0 aliphatic carbocycles. The van der Waals surface area contributed by atoms with Crippen LogP contribution in [0.15, 0.2) is 18.3 Å². The van der Waals surface area contributed by atoms with Crippen molar-refractivity contribution in [3.05, 3.63) is 29.6 Å². The van der Waals surface area contributed by atoms with E-state index in [0.29, 0.717) is 18.5 Å². The monoisotopic (exact) mass is 278 g/mol. The number of carboxylic acids is 1. The number of aliphatic carboxylic acids is 1. The Hall–Kier alpha value is -1.95.